The Morgan fingerprint density at radius 2 is 2.43 bits per heavy atom. The Hall–Kier alpha value is -1.62. The minimum absolute atomic E-state index is 0.251. The van der Waals surface area contributed by atoms with Crippen molar-refractivity contribution in [3.63, 3.8) is 0 Å². The number of nitrogens with zero attached hydrogens (tertiary/aromatic N) is 2. The van der Waals surface area contributed by atoms with E-state index in [1.54, 1.807) is 25.4 Å². The third kappa shape index (κ3) is 1.22. The van der Waals surface area contributed by atoms with Crippen molar-refractivity contribution in [2.24, 2.45) is 0 Å². The van der Waals surface area contributed by atoms with Crippen LogP contribution in [0.25, 0.3) is 0 Å². The number of carbonyl (C=O) groups excluding carboxylic acids is 1. The van der Waals surface area contributed by atoms with Crippen molar-refractivity contribution in [2.45, 2.75) is 6.29 Å². The summed E-state index contributed by atoms with van der Waals surface area (Å²) in [6.45, 7) is 0. The highest BCUT2D eigenvalue weighted by molar-refractivity contribution is 5.97. The summed E-state index contributed by atoms with van der Waals surface area (Å²) >= 11 is 0. The quantitative estimate of drug-likeness (QED) is 0.649. The third-order valence-corrected chi connectivity index (χ3v) is 2.05. The Morgan fingerprint density at radius 1 is 1.64 bits per heavy atom. The van der Waals surface area contributed by atoms with Crippen LogP contribution in [0.1, 0.15) is 0 Å². The van der Waals surface area contributed by atoms with E-state index in [2.05, 4.69) is 4.98 Å². The van der Waals surface area contributed by atoms with Crippen molar-refractivity contribution in [3.05, 3.63) is 18.3 Å². The van der Waals surface area contributed by atoms with Gasteiger partial charge in [0.05, 0.1) is 0 Å². The molecule has 5 heteroatoms. The average Bonchev–Trinajstić information content (AvgIpc) is 2.23. The second-order valence-corrected chi connectivity index (χ2v) is 2.91. The molecule has 2 rings (SSSR count). The molecule has 1 aliphatic rings. The summed E-state index contributed by atoms with van der Waals surface area (Å²) in [5.74, 6) is 0.825. The Bertz CT molecular complexity index is 367. The third-order valence-electron chi connectivity index (χ3n) is 2.05. The Kier molecular flexibility index (Phi) is 2.09. The first-order valence-corrected chi connectivity index (χ1v) is 4.16. The molecule has 2 heterocycles. The Balaban J connectivity index is 2.42. The highest BCUT2D eigenvalue weighted by Crippen LogP contribution is 2.30. The van der Waals surface area contributed by atoms with Crippen LogP contribution in [0, 0.1) is 0 Å². The maximum absolute atomic E-state index is 11.6. The minimum atomic E-state index is -0.864. The monoisotopic (exact) mass is 194 g/mol. The van der Waals surface area contributed by atoms with Gasteiger partial charge >= 0.3 is 0 Å². The van der Waals surface area contributed by atoms with E-state index in [-0.39, 0.29) is 5.91 Å². The van der Waals surface area contributed by atoms with Crippen molar-refractivity contribution < 1.29 is 14.3 Å². The molecule has 0 N–H and O–H groups in total. The van der Waals surface area contributed by atoms with Gasteiger partial charge in [-0.25, -0.2) is 4.98 Å². The van der Waals surface area contributed by atoms with Gasteiger partial charge in [-0.05, 0) is 12.1 Å². The zero-order chi connectivity index (χ0) is 10.1. The smallest absolute Gasteiger partial charge is 0.297 e. The highest BCUT2D eigenvalue weighted by atomic mass is 16.7. The molecular weight excluding hydrogens is 184 g/mol. The summed E-state index contributed by atoms with van der Waals surface area (Å²) in [7, 11) is 3.07. The predicted octanol–water partition coefficient (Wildman–Crippen LogP) is 0.409. The van der Waals surface area contributed by atoms with Crippen LogP contribution >= 0.6 is 0 Å². The molecule has 0 saturated carbocycles. The number of likely N-dealkylation sites (N-methyl/N-ethyl adjacent to an activating group) is 1. The second-order valence-electron chi connectivity index (χ2n) is 2.91. The zero-order valence-corrected chi connectivity index (χ0v) is 7.93. The van der Waals surface area contributed by atoms with Gasteiger partial charge in [0.25, 0.3) is 12.2 Å². The standard InChI is InChI=1S/C9H10N2O3/c1-11-7-6(4-3-5-10-7)14-9(13-2)8(11)12/h3-5,9H,1-2H3. The molecule has 1 aromatic heterocycles. The fraction of sp³-hybridized carbons (Fsp3) is 0.333. The van der Waals surface area contributed by atoms with E-state index in [1.165, 1.54) is 12.0 Å². The van der Waals surface area contributed by atoms with Crippen LogP contribution in [0.5, 0.6) is 5.75 Å². The van der Waals surface area contributed by atoms with Crippen molar-refractivity contribution in [1.82, 2.24) is 4.98 Å². The number of pyridine rings is 1. The van der Waals surface area contributed by atoms with Crippen molar-refractivity contribution in [1.29, 1.82) is 0 Å². The van der Waals surface area contributed by atoms with E-state index in [0.29, 0.717) is 11.6 Å². The van der Waals surface area contributed by atoms with Crippen LogP contribution in [-0.2, 0) is 9.53 Å². The van der Waals surface area contributed by atoms with E-state index in [1.807, 2.05) is 0 Å². The van der Waals surface area contributed by atoms with Crippen molar-refractivity contribution in [2.75, 3.05) is 19.1 Å². The van der Waals surface area contributed by atoms with Crippen LogP contribution in [-0.4, -0.2) is 31.3 Å². The lowest BCUT2D eigenvalue weighted by Gasteiger charge is -2.29. The van der Waals surface area contributed by atoms with Crippen LogP contribution in [0.4, 0.5) is 5.82 Å². The van der Waals surface area contributed by atoms with Crippen LogP contribution < -0.4 is 9.64 Å². The topological polar surface area (TPSA) is 51.7 Å². The molecule has 1 atom stereocenters. The van der Waals surface area contributed by atoms with Crippen molar-refractivity contribution >= 4 is 11.7 Å². The molecule has 0 aromatic carbocycles. The second kappa shape index (κ2) is 3.26. The minimum Gasteiger partial charge on any atom is -0.451 e. The molecule has 5 nitrogen and oxygen atoms in total. The number of hydrogen-bond donors (Lipinski definition) is 0. The van der Waals surface area contributed by atoms with Gasteiger partial charge in [0.1, 0.15) is 0 Å². The van der Waals surface area contributed by atoms with Gasteiger partial charge in [0.2, 0.25) is 0 Å². The van der Waals surface area contributed by atoms with Gasteiger partial charge in [-0.15, -0.1) is 0 Å². The zero-order valence-electron chi connectivity index (χ0n) is 7.93. The van der Waals surface area contributed by atoms with E-state index in [0.717, 1.165) is 0 Å². The molecule has 74 valence electrons. The number of aromatic nitrogens is 1. The van der Waals surface area contributed by atoms with E-state index >= 15 is 0 Å². The van der Waals surface area contributed by atoms with Gasteiger partial charge in [-0.3, -0.25) is 9.69 Å². The first kappa shape index (κ1) is 8.96. The average molecular weight is 194 g/mol. The summed E-state index contributed by atoms with van der Waals surface area (Å²) in [4.78, 5) is 17.0. The number of amides is 1. The van der Waals surface area contributed by atoms with Crippen LogP contribution in [0.2, 0.25) is 0 Å². The summed E-state index contributed by atoms with van der Waals surface area (Å²) in [5.41, 5.74) is 0. The normalized spacial score (nSPS) is 20.3. The number of rotatable bonds is 1. The Morgan fingerprint density at radius 3 is 3.14 bits per heavy atom. The van der Waals surface area contributed by atoms with Crippen LogP contribution in [0.3, 0.4) is 0 Å². The fourth-order valence-electron chi connectivity index (χ4n) is 1.30. The maximum Gasteiger partial charge on any atom is 0.297 e. The van der Waals surface area contributed by atoms with Gasteiger partial charge in [-0.1, -0.05) is 0 Å². The highest BCUT2D eigenvalue weighted by Gasteiger charge is 2.32. The molecule has 0 bridgehead atoms. The number of anilines is 1. The lowest BCUT2D eigenvalue weighted by molar-refractivity contribution is -0.146. The van der Waals surface area contributed by atoms with Crippen molar-refractivity contribution in [3.8, 4) is 5.75 Å². The summed E-state index contributed by atoms with van der Waals surface area (Å²) in [6.07, 6.45) is 0.746. The lowest BCUT2D eigenvalue weighted by atomic mass is 10.3. The first-order chi connectivity index (χ1) is 6.74. The summed E-state index contributed by atoms with van der Waals surface area (Å²) < 4.78 is 10.2. The van der Waals surface area contributed by atoms with E-state index < -0.39 is 6.29 Å². The molecule has 0 radical (unpaired) electrons. The number of fused-ring (bicyclic) bond motifs is 1. The largest absolute Gasteiger partial charge is 0.451 e. The molecule has 1 aliphatic heterocycles. The lowest BCUT2D eigenvalue weighted by Crippen LogP contribution is -2.45. The van der Waals surface area contributed by atoms with Gasteiger partial charge in [0, 0.05) is 20.4 Å². The molecule has 1 unspecified atom stereocenters. The van der Waals surface area contributed by atoms with Gasteiger partial charge < -0.3 is 9.47 Å². The molecule has 14 heavy (non-hydrogen) atoms. The molecule has 0 fully saturated rings. The first-order valence-electron chi connectivity index (χ1n) is 4.16. The van der Waals surface area contributed by atoms with E-state index in [4.69, 9.17) is 9.47 Å². The van der Waals surface area contributed by atoms with Gasteiger partial charge in [-0.2, -0.15) is 0 Å². The fourth-order valence-corrected chi connectivity index (χ4v) is 1.30. The maximum atomic E-state index is 11.6. The number of methoxy groups -OCH3 is 1. The summed E-state index contributed by atoms with van der Waals surface area (Å²) in [5, 5.41) is 0. The number of carbonyl (C=O) groups is 1. The SMILES string of the molecule is COC1Oc2cccnc2N(C)C1=O. The van der Waals surface area contributed by atoms with Gasteiger partial charge in [0.15, 0.2) is 11.6 Å². The molecule has 0 aliphatic carbocycles. The summed E-state index contributed by atoms with van der Waals surface area (Å²) in [6, 6.07) is 3.49. The molecule has 1 aromatic rings. The molecule has 0 saturated heterocycles. The van der Waals surface area contributed by atoms with Crippen LogP contribution in [0.15, 0.2) is 18.3 Å². The molecule has 0 spiro atoms. The predicted molar refractivity (Wildman–Crippen MR) is 49.1 cm³/mol. The number of hydrogen-bond acceptors (Lipinski definition) is 4. The molecular formula is C9H10N2O3. The molecule has 1 amide bonds. The number of ether oxygens (including phenoxy) is 2. The Labute approximate surface area is 81.3 Å². The van der Waals surface area contributed by atoms with E-state index in [9.17, 15) is 4.79 Å².